The van der Waals surface area contributed by atoms with Crippen molar-refractivity contribution in [3.05, 3.63) is 23.3 Å². The molecular weight excluding hydrogens is 120 g/mol. The summed E-state index contributed by atoms with van der Waals surface area (Å²) in [4.78, 5) is 0. The minimum atomic E-state index is 0.943. The molecule has 54 valence electrons. The summed E-state index contributed by atoms with van der Waals surface area (Å²) in [6.07, 6.45) is 9.99. The Morgan fingerprint density at radius 1 is 1.50 bits per heavy atom. The van der Waals surface area contributed by atoms with Crippen LogP contribution in [0.4, 0.5) is 0 Å². The lowest BCUT2D eigenvalue weighted by Crippen LogP contribution is -2.03. The zero-order valence-electron chi connectivity index (χ0n) is 6.56. The van der Waals surface area contributed by atoms with Gasteiger partial charge in [-0.05, 0) is 37.2 Å². The Kier molecular flexibility index (Phi) is 1.40. The first-order valence-electron chi connectivity index (χ1n) is 4.23. The summed E-state index contributed by atoms with van der Waals surface area (Å²) in [7, 11) is 0. The smallest absolute Gasteiger partial charge is 0.0130 e. The minimum Gasteiger partial charge on any atom is -0.0802 e. The van der Waals surface area contributed by atoms with E-state index in [1.54, 1.807) is 11.1 Å². The monoisotopic (exact) mass is 134 g/mol. The summed E-state index contributed by atoms with van der Waals surface area (Å²) in [5.41, 5.74) is 3.37. The maximum Gasteiger partial charge on any atom is -0.0130 e. The molecule has 1 unspecified atom stereocenters. The van der Waals surface area contributed by atoms with Gasteiger partial charge < -0.3 is 0 Å². The third-order valence-corrected chi connectivity index (χ3v) is 2.64. The van der Waals surface area contributed by atoms with Crippen molar-refractivity contribution in [2.75, 3.05) is 0 Å². The quantitative estimate of drug-likeness (QED) is 0.477. The Bertz CT molecular complexity index is 196. The predicted molar refractivity (Wildman–Crippen MR) is 43.8 cm³/mol. The van der Waals surface area contributed by atoms with E-state index in [0.29, 0.717) is 0 Å². The lowest BCUT2D eigenvalue weighted by atomic mass is 9.86. The molecule has 2 aliphatic rings. The fraction of sp³-hybridized carbons (Fsp3) is 0.600. The third-order valence-electron chi connectivity index (χ3n) is 2.64. The van der Waals surface area contributed by atoms with Gasteiger partial charge >= 0.3 is 0 Å². The average Bonchev–Trinajstić information content (AvgIpc) is 2.33. The second kappa shape index (κ2) is 2.26. The molecule has 0 aromatic rings. The standard InChI is InChI=1S/C10H14/c1-8-5-6-9-3-2-4-10(9)7-8/h2-3,8H,4-7H2,1H3. The van der Waals surface area contributed by atoms with Crippen molar-refractivity contribution < 1.29 is 0 Å². The van der Waals surface area contributed by atoms with Crippen LogP contribution < -0.4 is 0 Å². The molecule has 0 radical (unpaired) electrons. The molecule has 0 nitrogen and oxygen atoms in total. The summed E-state index contributed by atoms with van der Waals surface area (Å²) < 4.78 is 0. The number of hydrogen-bond donors (Lipinski definition) is 0. The predicted octanol–water partition coefficient (Wildman–Crippen LogP) is 3.06. The first-order chi connectivity index (χ1) is 4.86. The molecule has 0 aromatic carbocycles. The summed E-state index contributed by atoms with van der Waals surface area (Å²) in [6.45, 7) is 2.36. The number of rotatable bonds is 0. The van der Waals surface area contributed by atoms with E-state index in [-0.39, 0.29) is 0 Å². The number of allylic oxidation sites excluding steroid dienone is 4. The Morgan fingerprint density at radius 3 is 3.30 bits per heavy atom. The molecule has 0 saturated carbocycles. The minimum absolute atomic E-state index is 0.943. The Morgan fingerprint density at radius 2 is 2.40 bits per heavy atom. The van der Waals surface area contributed by atoms with Crippen LogP contribution in [0.15, 0.2) is 23.3 Å². The van der Waals surface area contributed by atoms with Crippen molar-refractivity contribution in [2.45, 2.75) is 32.6 Å². The molecule has 2 aliphatic carbocycles. The van der Waals surface area contributed by atoms with Crippen LogP contribution >= 0.6 is 0 Å². The van der Waals surface area contributed by atoms with E-state index in [9.17, 15) is 0 Å². The third kappa shape index (κ3) is 0.920. The lowest BCUT2D eigenvalue weighted by molar-refractivity contribution is 0.499. The molecule has 2 rings (SSSR count). The van der Waals surface area contributed by atoms with Gasteiger partial charge in [-0.3, -0.25) is 0 Å². The van der Waals surface area contributed by atoms with Crippen LogP contribution in [0.3, 0.4) is 0 Å². The molecule has 0 amide bonds. The van der Waals surface area contributed by atoms with Crippen LogP contribution in [0, 0.1) is 5.92 Å². The Labute approximate surface area is 62.6 Å². The van der Waals surface area contributed by atoms with E-state index in [4.69, 9.17) is 0 Å². The summed E-state index contributed by atoms with van der Waals surface area (Å²) in [6, 6.07) is 0. The molecule has 1 atom stereocenters. The van der Waals surface area contributed by atoms with Crippen LogP contribution in [-0.2, 0) is 0 Å². The van der Waals surface area contributed by atoms with Gasteiger partial charge in [0.05, 0.1) is 0 Å². The first kappa shape index (κ1) is 6.21. The number of hydrogen-bond acceptors (Lipinski definition) is 0. The van der Waals surface area contributed by atoms with Crippen molar-refractivity contribution >= 4 is 0 Å². The molecule has 0 N–H and O–H groups in total. The van der Waals surface area contributed by atoms with Gasteiger partial charge in [-0.25, -0.2) is 0 Å². The topological polar surface area (TPSA) is 0 Å². The van der Waals surface area contributed by atoms with Crippen molar-refractivity contribution in [1.82, 2.24) is 0 Å². The molecule has 0 heterocycles. The normalized spacial score (nSPS) is 31.1. The lowest BCUT2D eigenvalue weighted by Gasteiger charge is -2.19. The van der Waals surface area contributed by atoms with E-state index in [1.165, 1.54) is 25.7 Å². The van der Waals surface area contributed by atoms with Gasteiger partial charge in [-0.2, -0.15) is 0 Å². The highest BCUT2D eigenvalue weighted by atomic mass is 14.2. The largest absolute Gasteiger partial charge is 0.0802 e. The molecule has 0 aliphatic heterocycles. The first-order valence-corrected chi connectivity index (χ1v) is 4.23. The highest BCUT2D eigenvalue weighted by molar-refractivity contribution is 5.35. The summed E-state index contributed by atoms with van der Waals surface area (Å²) in [5, 5.41) is 0. The molecular formula is C10H14. The van der Waals surface area contributed by atoms with Crippen molar-refractivity contribution in [1.29, 1.82) is 0 Å². The fourth-order valence-electron chi connectivity index (χ4n) is 1.99. The van der Waals surface area contributed by atoms with Gasteiger partial charge in [0.2, 0.25) is 0 Å². The Balaban J connectivity index is 2.18. The van der Waals surface area contributed by atoms with Gasteiger partial charge in [0.1, 0.15) is 0 Å². The van der Waals surface area contributed by atoms with Gasteiger partial charge in [0.25, 0.3) is 0 Å². The molecule has 10 heavy (non-hydrogen) atoms. The SMILES string of the molecule is CC1CCC2=C(CC=C2)C1. The highest BCUT2D eigenvalue weighted by Crippen LogP contribution is 2.35. The van der Waals surface area contributed by atoms with Gasteiger partial charge in [-0.15, -0.1) is 0 Å². The zero-order chi connectivity index (χ0) is 6.97. The van der Waals surface area contributed by atoms with E-state index in [2.05, 4.69) is 19.1 Å². The van der Waals surface area contributed by atoms with Gasteiger partial charge in [-0.1, -0.05) is 24.6 Å². The second-order valence-electron chi connectivity index (χ2n) is 3.58. The summed E-state index contributed by atoms with van der Waals surface area (Å²) >= 11 is 0. The zero-order valence-corrected chi connectivity index (χ0v) is 6.56. The maximum absolute atomic E-state index is 2.36. The van der Waals surface area contributed by atoms with E-state index < -0.39 is 0 Å². The molecule has 0 bridgehead atoms. The van der Waals surface area contributed by atoms with Crippen molar-refractivity contribution in [3.63, 3.8) is 0 Å². The second-order valence-corrected chi connectivity index (χ2v) is 3.58. The van der Waals surface area contributed by atoms with Crippen LogP contribution in [0.5, 0.6) is 0 Å². The molecule has 0 saturated heterocycles. The van der Waals surface area contributed by atoms with Crippen LogP contribution in [0.1, 0.15) is 32.6 Å². The van der Waals surface area contributed by atoms with E-state index >= 15 is 0 Å². The average molecular weight is 134 g/mol. The molecule has 0 fully saturated rings. The summed E-state index contributed by atoms with van der Waals surface area (Å²) in [5.74, 6) is 0.943. The van der Waals surface area contributed by atoms with Crippen molar-refractivity contribution in [3.8, 4) is 0 Å². The molecule has 0 spiro atoms. The van der Waals surface area contributed by atoms with E-state index in [1.807, 2.05) is 0 Å². The maximum atomic E-state index is 2.36. The van der Waals surface area contributed by atoms with Crippen molar-refractivity contribution in [2.24, 2.45) is 5.92 Å². The molecule has 0 aromatic heterocycles. The van der Waals surface area contributed by atoms with Crippen LogP contribution in [-0.4, -0.2) is 0 Å². The highest BCUT2D eigenvalue weighted by Gasteiger charge is 2.17. The van der Waals surface area contributed by atoms with Crippen LogP contribution in [0.2, 0.25) is 0 Å². The van der Waals surface area contributed by atoms with Gasteiger partial charge in [0, 0.05) is 0 Å². The molecule has 0 heteroatoms. The van der Waals surface area contributed by atoms with E-state index in [0.717, 1.165) is 5.92 Å². The fourth-order valence-corrected chi connectivity index (χ4v) is 1.99. The Hall–Kier alpha value is -0.520. The van der Waals surface area contributed by atoms with Gasteiger partial charge in [0.15, 0.2) is 0 Å². The van der Waals surface area contributed by atoms with Crippen LogP contribution in [0.25, 0.3) is 0 Å².